The highest BCUT2D eigenvalue weighted by molar-refractivity contribution is 5.84. The summed E-state index contributed by atoms with van der Waals surface area (Å²) in [5.74, 6) is 1.13. The summed E-state index contributed by atoms with van der Waals surface area (Å²) < 4.78 is 0. The summed E-state index contributed by atoms with van der Waals surface area (Å²) in [5.41, 5.74) is 0. The SMILES string of the molecule is CC=CCC1=NCCN1. The fourth-order valence-corrected chi connectivity index (χ4v) is 0.813. The quantitative estimate of drug-likeness (QED) is 0.545. The molecule has 2 heteroatoms. The topological polar surface area (TPSA) is 24.4 Å². The second-order valence-corrected chi connectivity index (χ2v) is 2.03. The summed E-state index contributed by atoms with van der Waals surface area (Å²) in [6.07, 6.45) is 5.12. The number of nitrogens with one attached hydrogen (secondary N) is 1. The van der Waals surface area contributed by atoms with Gasteiger partial charge in [0.15, 0.2) is 0 Å². The molecule has 50 valence electrons. The first kappa shape index (κ1) is 6.33. The van der Waals surface area contributed by atoms with Crippen LogP contribution in [0, 0.1) is 0 Å². The molecule has 0 spiro atoms. The van der Waals surface area contributed by atoms with Crippen molar-refractivity contribution < 1.29 is 0 Å². The molecule has 2 nitrogen and oxygen atoms in total. The van der Waals surface area contributed by atoms with Gasteiger partial charge in [0.1, 0.15) is 5.84 Å². The van der Waals surface area contributed by atoms with Crippen LogP contribution in [0.15, 0.2) is 17.1 Å². The van der Waals surface area contributed by atoms with Crippen LogP contribution in [-0.4, -0.2) is 18.9 Å². The van der Waals surface area contributed by atoms with Gasteiger partial charge in [-0.3, -0.25) is 4.99 Å². The molecule has 1 heterocycles. The van der Waals surface area contributed by atoms with Crippen LogP contribution < -0.4 is 5.32 Å². The summed E-state index contributed by atoms with van der Waals surface area (Å²) in [6, 6.07) is 0. The highest BCUT2D eigenvalue weighted by Crippen LogP contribution is 1.91. The fourth-order valence-electron chi connectivity index (χ4n) is 0.813. The molecule has 0 aromatic carbocycles. The molecular weight excluding hydrogens is 112 g/mol. The number of hydrogen-bond donors (Lipinski definition) is 1. The van der Waals surface area contributed by atoms with E-state index in [1.54, 1.807) is 0 Å². The molecule has 0 fully saturated rings. The van der Waals surface area contributed by atoms with Gasteiger partial charge in [-0.25, -0.2) is 0 Å². The Balaban J connectivity index is 2.26. The van der Waals surface area contributed by atoms with E-state index >= 15 is 0 Å². The van der Waals surface area contributed by atoms with E-state index < -0.39 is 0 Å². The van der Waals surface area contributed by atoms with Gasteiger partial charge in [-0.05, 0) is 6.92 Å². The van der Waals surface area contributed by atoms with Crippen LogP contribution in [-0.2, 0) is 0 Å². The zero-order valence-corrected chi connectivity index (χ0v) is 5.72. The van der Waals surface area contributed by atoms with Gasteiger partial charge in [0.25, 0.3) is 0 Å². The number of nitrogens with zero attached hydrogens (tertiary/aromatic N) is 1. The van der Waals surface area contributed by atoms with Gasteiger partial charge in [-0.1, -0.05) is 12.2 Å². The molecule has 1 aliphatic rings. The zero-order chi connectivity index (χ0) is 6.53. The van der Waals surface area contributed by atoms with E-state index in [1.807, 2.05) is 13.0 Å². The van der Waals surface area contributed by atoms with Crippen molar-refractivity contribution in [2.75, 3.05) is 13.1 Å². The molecule has 0 aromatic rings. The maximum atomic E-state index is 4.23. The van der Waals surface area contributed by atoms with Crippen molar-refractivity contribution in [3.63, 3.8) is 0 Å². The molecule has 9 heavy (non-hydrogen) atoms. The first-order chi connectivity index (χ1) is 4.43. The molecule has 0 bridgehead atoms. The zero-order valence-electron chi connectivity index (χ0n) is 5.72. The van der Waals surface area contributed by atoms with Crippen LogP contribution in [0.25, 0.3) is 0 Å². The summed E-state index contributed by atoms with van der Waals surface area (Å²) in [6.45, 7) is 4.00. The van der Waals surface area contributed by atoms with Crippen LogP contribution in [0.3, 0.4) is 0 Å². The lowest BCUT2D eigenvalue weighted by Crippen LogP contribution is -2.17. The molecule has 0 amide bonds. The van der Waals surface area contributed by atoms with E-state index in [2.05, 4.69) is 16.4 Å². The normalized spacial score (nSPS) is 18.1. The second-order valence-electron chi connectivity index (χ2n) is 2.03. The Bertz CT molecular complexity index is 136. The third-order valence-electron chi connectivity index (χ3n) is 1.29. The van der Waals surface area contributed by atoms with Crippen molar-refractivity contribution >= 4 is 5.84 Å². The average molecular weight is 124 g/mol. The predicted octanol–water partition coefficient (Wildman–Crippen LogP) is 0.954. The largest absolute Gasteiger partial charge is 0.372 e. The Morgan fingerprint density at radius 3 is 3.22 bits per heavy atom. The average Bonchev–Trinajstić information content (AvgIpc) is 2.34. The summed E-state index contributed by atoms with van der Waals surface area (Å²) in [5, 5.41) is 3.19. The van der Waals surface area contributed by atoms with Crippen LogP contribution >= 0.6 is 0 Å². The molecule has 1 rings (SSSR count). The van der Waals surface area contributed by atoms with E-state index in [0.29, 0.717) is 0 Å². The van der Waals surface area contributed by atoms with E-state index in [4.69, 9.17) is 0 Å². The minimum Gasteiger partial charge on any atom is -0.372 e. The molecule has 0 aromatic heterocycles. The number of aliphatic imine (C=N–C) groups is 1. The molecule has 0 unspecified atom stereocenters. The van der Waals surface area contributed by atoms with Crippen molar-refractivity contribution in [1.29, 1.82) is 0 Å². The van der Waals surface area contributed by atoms with Crippen LogP contribution in [0.5, 0.6) is 0 Å². The molecule has 1 N–H and O–H groups in total. The van der Waals surface area contributed by atoms with Crippen LogP contribution in [0.2, 0.25) is 0 Å². The Morgan fingerprint density at radius 1 is 1.78 bits per heavy atom. The number of amidine groups is 1. The monoisotopic (exact) mass is 124 g/mol. The van der Waals surface area contributed by atoms with E-state index in [1.165, 1.54) is 0 Å². The summed E-state index contributed by atoms with van der Waals surface area (Å²) in [7, 11) is 0. The number of allylic oxidation sites excluding steroid dienone is 1. The molecule has 0 atom stereocenters. The van der Waals surface area contributed by atoms with Gasteiger partial charge < -0.3 is 5.32 Å². The molecule has 0 radical (unpaired) electrons. The first-order valence-electron chi connectivity index (χ1n) is 3.32. The Hall–Kier alpha value is -0.790. The number of rotatable bonds is 2. The lowest BCUT2D eigenvalue weighted by atomic mass is 10.3. The van der Waals surface area contributed by atoms with Gasteiger partial charge >= 0.3 is 0 Å². The van der Waals surface area contributed by atoms with E-state index in [9.17, 15) is 0 Å². The number of hydrogen-bond acceptors (Lipinski definition) is 2. The fraction of sp³-hybridized carbons (Fsp3) is 0.571. The summed E-state index contributed by atoms with van der Waals surface area (Å²) >= 11 is 0. The standard InChI is InChI=1S/C7H12N2/c1-2-3-4-7-8-5-6-9-7/h2-3H,4-6H2,1H3,(H,8,9). The Kier molecular flexibility index (Phi) is 2.31. The molecule has 0 aliphatic carbocycles. The third-order valence-corrected chi connectivity index (χ3v) is 1.29. The molecular formula is C7H12N2. The van der Waals surface area contributed by atoms with Crippen molar-refractivity contribution in [3.05, 3.63) is 12.2 Å². The van der Waals surface area contributed by atoms with Gasteiger partial charge in [0, 0.05) is 13.0 Å². The smallest absolute Gasteiger partial charge is 0.100 e. The Morgan fingerprint density at radius 2 is 2.67 bits per heavy atom. The van der Waals surface area contributed by atoms with Gasteiger partial charge in [0.2, 0.25) is 0 Å². The molecule has 1 aliphatic heterocycles. The predicted molar refractivity (Wildman–Crippen MR) is 39.7 cm³/mol. The maximum Gasteiger partial charge on any atom is 0.100 e. The molecule has 0 saturated carbocycles. The van der Waals surface area contributed by atoms with Crippen LogP contribution in [0.1, 0.15) is 13.3 Å². The molecule has 0 saturated heterocycles. The summed E-state index contributed by atoms with van der Waals surface area (Å²) in [4.78, 5) is 4.23. The first-order valence-corrected chi connectivity index (χ1v) is 3.32. The van der Waals surface area contributed by atoms with Gasteiger partial charge in [0.05, 0.1) is 6.54 Å². The van der Waals surface area contributed by atoms with E-state index in [-0.39, 0.29) is 0 Å². The Labute approximate surface area is 55.7 Å². The van der Waals surface area contributed by atoms with Gasteiger partial charge in [-0.2, -0.15) is 0 Å². The van der Waals surface area contributed by atoms with Crippen molar-refractivity contribution in [3.8, 4) is 0 Å². The van der Waals surface area contributed by atoms with E-state index in [0.717, 1.165) is 25.3 Å². The lowest BCUT2D eigenvalue weighted by Gasteiger charge is -1.93. The highest BCUT2D eigenvalue weighted by atomic mass is 15.1. The minimum absolute atomic E-state index is 0.951. The van der Waals surface area contributed by atoms with Crippen molar-refractivity contribution in [2.24, 2.45) is 4.99 Å². The third kappa shape index (κ3) is 1.88. The maximum absolute atomic E-state index is 4.23. The highest BCUT2D eigenvalue weighted by Gasteiger charge is 1.99. The second kappa shape index (κ2) is 3.28. The lowest BCUT2D eigenvalue weighted by molar-refractivity contribution is 0.955. The van der Waals surface area contributed by atoms with Crippen molar-refractivity contribution in [2.45, 2.75) is 13.3 Å². The minimum atomic E-state index is 0.951. The van der Waals surface area contributed by atoms with Crippen LogP contribution in [0.4, 0.5) is 0 Å². The van der Waals surface area contributed by atoms with Gasteiger partial charge in [-0.15, -0.1) is 0 Å². The van der Waals surface area contributed by atoms with Crippen molar-refractivity contribution in [1.82, 2.24) is 5.32 Å².